The van der Waals surface area contributed by atoms with Crippen molar-refractivity contribution in [1.82, 2.24) is 4.90 Å². The second-order valence-electron chi connectivity index (χ2n) is 7.85. The van der Waals surface area contributed by atoms with E-state index in [2.05, 4.69) is 11.8 Å². The van der Waals surface area contributed by atoms with Gasteiger partial charge < -0.3 is 4.90 Å². The normalized spacial score (nSPS) is 27.2. The molecule has 1 saturated heterocycles. The monoisotopic (exact) mass is 377 g/mol. The number of unbranched alkanes of at least 4 members (excludes halogenated alkanes) is 1. The van der Waals surface area contributed by atoms with Crippen LogP contribution < -0.4 is 0 Å². The van der Waals surface area contributed by atoms with E-state index in [9.17, 15) is 9.18 Å². The number of halogens is 1. The Hall–Kier alpha value is -1.03. The lowest BCUT2D eigenvalue weighted by molar-refractivity contribution is -0.136. The van der Waals surface area contributed by atoms with Gasteiger partial charge in [-0.1, -0.05) is 44.4 Å². The van der Waals surface area contributed by atoms with Crippen LogP contribution in [0.1, 0.15) is 69.1 Å². The van der Waals surface area contributed by atoms with E-state index < -0.39 is 0 Å². The molecular weight excluding hydrogens is 345 g/mol. The molecule has 1 unspecified atom stereocenters. The van der Waals surface area contributed by atoms with Gasteiger partial charge >= 0.3 is 0 Å². The number of hydrogen-bond donors (Lipinski definition) is 0. The van der Waals surface area contributed by atoms with Crippen molar-refractivity contribution in [3.63, 3.8) is 0 Å². The van der Waals surface area contributed by atoms with Gasteiger partial charge in [0.15, 0.2) is 0 Å². The second kappa shape index (κ2) is 9.77. The Labute approximate surface area is 161 Å². The predicted octanol–water partition coefficient (Wildman–Crippen LogP) is 5.83. The minimum absolute atomic E-state index is 0.116. The van der Waals surface area contributed by atoms with Crippen LogP contribution in [-0.4, -0.2) is 29.6 Å². The summed E-state index contributed by atoms with van der Waals surface area (Å²) in [5.74, 6) is 2.20. The molecule has 26 heavy (non-hydrogen) atoms. The zero-order chi connectivity index (χ0) is 18.4. The number of thioether (sulfide) groups is 1. The van der Waals surface area contributed by atoms with Crippen molar-refractivity contribution in [3.8, 4) is 0 Å². The Morgan fingerprint density at radius 3 is 2.65 bits per heavy atom. The molecule has 1 aromatic carbocycles. The molecule has 144 valence electrons. The molecule has 1 atom stereocenters. The lowest BCUT2D eigenvalue weighted by Gasteiger charge is -2.31. The molecule has 0 N–H and O–H groups in total. The van der Waals surface area contributed by atoms with E-state index in [0.29, 0.717) is 5.91 Å². The number of rotatable bonds is 5. The maximum absolute atomic E-state index is 14.1. The molecule has 3 rings (SSSR count). The van der Waals surface area contributed by atoms with Crippen LogP contribution in [-0.2, 0) is 4.79 Å². The van der Waals surface area contributed by atoms with Gasteiger partial charge in [0, 0.05) is 35.6 Å². The summed E-state index contributed by atoms with van der Waals surface area (Å²) < 4.78 is 14.1. The van der Waals surface area contributed by atoms with Gasteiger partial charge in [0.1, 0.15) is 5.82 Å². The molecule has 0 aromatic heterocycles. The molecule has 1 aliphatic carbocycles. The fraction of sp³-hybridized carbons (Fsp3) is 0.682. The first kappa shape index (κ1) is 19.7. The largest absolute Gasteiger partial charge is 0.342 e. The van der Waals surface area contributed by atoms with Gasteiger partial charge in [0.05, 0.1) is 0 Å². The van der Waals surface area contributed by atoms with Crippen LogP contribution in [0.25, 0.3) is 0 Å². The SMILES string of the molecule is CCCCC1CCC(C(=O)N2CCSC(c3ccccc3F)CC2)CC1. The quantitative estimate of drug-likeness (QED) is 0.643. The first-order chi connectivity index (χ1) is 12.7. The highest BCUT2D eigenvalue weighted by atomic mass is 32.2. The van der Waals surface area contributed by atoms with E-state index in [4.69, 9.17) is 0 Å². The molecule has 0 spiro atoms. The average molecular weight is 378 g/mol. The number of carbonyl (C=O) groups excluding carboxylic acids is 1. The van der Waals surface area contributed by atoms with E-state index in [0.717, 1.165) is 49.6 Å². The van der Waals surface area contributed by atoms with Gasteiger partial charge in [-0.05, 0) is 44.1 Å². The van der Waals surface area contributed by atoms with Crippen LogP contribution in [0, 0.1) is 17.7 Å². The van der Waals surface area contributed by atoms with Crippen LogP contribution >= 0.6 is 11.8 Å². The smallest absolute Gasteiger partial charge is 0.225 e. The maximum atomic E-state index is 14.1. The van der Waals surface area contributed by atoms with Gasteiger partial charge in [-0.2, -0.15) is 11.8 Å². The van der Waals surface area contributed by atoms with Crippen LogP contribution in [0.4, 0.5) is 4.39 Å². The standard InChI is InChI=1S/C22H32FNOS/c1-2-3-6-17-9-11-18(12-10-17)22(25)24-14-13-21(26-16-15-24)19-7-4-5-8-20(19)23/h4-5,7-8,17-18,21H,2-3,6,9-16H2,1H3. The Morgan fingerprint density at radius 2 is 1.92 bits per heavy atom. The number of nitrogens with zero attached hydrogens (tertiary/aromatic N) is 1. The third-order valence-electron chi connectivity index (χ3n) is 6.07. The molecule has 4 heteroatoms. The van der Waals surface area contributed by atoms with E-state index >= 15 is 0 Å². The van der Waals surface area contributed by atoms with Crippen molar-refractivity contribution >= 4 is 17.7 Å². The van der Waals surface area contributed by atoms with Gasteiger partial charge in [0.2, 0.25) is 5.91 Å². The molecule has 2 aliphatic rings. The summed E-state index contributed by atoms with van der Waals surface area (Å²) in [4.78, 5) is 15.0. The summed E-state index contributed by atoms with van der Waals surface area (Å²) in [5.41, 5.74) is 0.795. The predicted molar refractivity (Wildman–Crippen MR) is 108 cm³/mol. The highest BCUT2D eigenvalue weighted by Gasteiger charge is 2.31. The average Bonchev–Trinajstić information content (AvgIpc) is 2.93. The molecule has 0 bridgehead atoms. The second-order valence-corrected chi connectivity index (χ2v) is 9.17. The molecule has 1 amide bonds. The van der Waals surface area contributed by atoms with Gasteiger partial charge in [-0.15, -0.1) is 0 Å². The Morgan fingerprint density at radius 1 is 1.15 bits per heavy atom. The van der Waals surface area contributed by atoms with E-state index in [1.807, 2.05) is 12.1 Å². The van der Waals surface area contributed by atoms with Crippen molar-refractivity contribution in [2.24, 2.45) is 11.8 Å². The van der Waals surface area contributed by atoms with E-state index in [-0.39, 0.29) is 17.0 Å². The summed E-state index contributed by atoms with van der Waals surface area (Å²) in [7, 11) is 0. The number of benzene rings is 1. The van der Waals surface area contributed by atoms with E-state index in [1.165, 1.54) is 32.1 Å². The summed E-state index contributed by atoms with van der Waals surface area (Å²) in [6.07, 6.45) is 9.34. The summed E-state index contributed by atoms with van der Waals surface area (Å²) in [6.45, 7) is 3.83. The topological polar surface area (TPSA) is 20.3 Å². The highest BCUT2D eigenvalue weighted by molar-refractivity contribution is 7.99. The zero-order valence-electron chi connectivity index (χ0n) is 16.0. The molecule has 0 radical (unpaired) electrons. The molecule has 1 saturated carbocycles. The van der Waals surface area contributed by atoms with Gasteiger partial charge in [0.25, 0.3) is 0 Å². The lowest BCUT2D eigenvalue weighted by Crippen LogP contribution is -2.39. The minimum atomic E-state index is -0.116. The third kappa shape index (κ3) is 5.03. The Bertz CT molecular complexity index is 585. The molecular formula is C22H32FNOS. The third-order valence-corrected chi connectivity index (χ3v) is 7.38. The van der Waals surface area contributed by atoms with Gasteiger partial charge in [-0.3, -0.25) is 4.79 Å². The maximum Gasteiger partial charge on any atom is 0.225 e. The van der Waals surface area contributed by atoms with Crippen LogP contribution in [0.5, 0.6) is 0 Å². The molecule has 2 fully saturated rings. The van der Waals surface area contributed by atoms with Gasteiger partial charge in [-0.25, -0.2) is 4.39 Å². The van der Waals surface area contributed by atoms with Crippen molar-refractivity contribution in [1.29, 1.82) is 0 Å². The Kier molecular flexibility index (Phi) is 7.42. The van der Waals surface area contributed by atoms with Crippen molar-refractivity contribution in [2.75, 3.05) is 18.8 Å². The highest BCUT2D eigenvalue weighted by Crippen LogP contribution is 2.37. The fourth-order valence-corrected chi connectivity index (χ4v) is 5.68. The summed E-state index contributed by atoms with van der Waals surface area (Å²) in [5, 5.41) is 0.166. The van der Waals surface area contributed by atoms with Crippen molar-refractivity contribution < 1.29 is 9.18 Å². The zero-order valence-corrected chi connectivity index (χ0v) is 16.8. The van der Waals surface area contributed by atoms with Crippen LogP contribution in [0.15, 0.2) is 24.3 Å². The van der Waals surface area contributed by atoms with Crippen molar-refractivity contribution in [2.45, 2.75) is 63.5 Å². The summed E-state index contributed by atoms with van der Waals surface area (Å²) in [6, 6.07) is 7.08. The fourth-order valence-electron chi connectivity index (χ4n) is 4.42. The van der Waals surface area contributed by atoms with Crippen LogP contribution in [0.3, 0.4) is 0 Å². The van der Waals surface area contributed by atoms with E-state index in [1.54, 1.807) is 23.9 Å². The molecule has 1 heterocycles. The van der Waals surface area contributed by atoms with Crippen LogP contribution in [0.2, 0.25) is 0 Å². The Balaban J connectivity index is 1.51. The first-order valence-corrected chi connectivity index (χ1v) is 11.4. The number of carbonyl (C=O) groups is 1. The lowest BCUT2D eigenvalue weighted by atomic mass is 9.79. The minimum Gasteiger partial charge on any atom is -0.342 e. The number of hydrogen-bond acceptors (Lipinski definition) is 2. The molecule has 1 aliphatic heterocycles. The molecule has 2 nitrogen and oxygen atoms in total. The molecule has 1 aromatic rings. The summed E-state index contributed by atoms with van der Waals surface area (Å²) >= 11 is 1.79. The number of amides is 1. The first-order valence-electron chi connectivity index (χ1n) is 10.3. The van der Waals surface area contributed by atoms with Crippen molar-refractivity contribution in [3.05, 3.63) is 35.6 Å².